The molecule has 0 fully saturated rings. The van der Waals surface area contributed by atoms with Crippen LogP contribution in [0.15, 0.2) is 30.3 Å². The maximum atomic E-state index is 12.6. The van der Waals surface area contributed by atoms with Gasteiger partial charge in [0.15, 0.2) is 0 Å². The molecule has 0 spiro atoms. The molecule has 1 heterocycles. The van der Waals surface area contributed by atoms with Crippen LogP contribution in [-0.4, -0.2) is 8.86 Å². The molecule has 1 aromatic carbocycles. The molecule has 0 amide bonds. The summed E-state index contributed by atoms with van der Waals surface area (Å²) in [7, 11) is 0. The normalized spacial score (nSPS) is 17.9. The first-order valence-corrected chi connectivity index (χ1v) is 8.52. The molecular weight excluding hydrogens is 340 g/mol. The van der Waals surface area contributed by atoms with E-state index in [1.54, 1.807) is 6.07 Å². The van der Waals surface area contributed by atoms with Crippen molar-refractivity contribution in [1.29, 1.82) is 0 Å². The van der Waals surface area contributed by atoms with Gasteiger partial charge < -0.3 is 0 Å². The molecule has 1 aliphatic rings. The Kier molecular flexibility index (Phi) is 4.12. The van der Waals surface area contributed by atoms with E-state index in [1.807, 2.05) is 0 Å². The van der Waals surface area contributed by atoms with Crippen molar-refractivity contribution >= 4 is 5.57 Å². The number of rotatable bonds is 1. The number of benzene rings is 1. The van der Waals surface area contributed by atoms with E-state index >= 15 is 0 Å². The fourth-order valence-corrected chi connectivity index (χ4v) is 4.04. The summed E-state index contributed by atoms with van der Waals surface area (Å²) in [6, 6.07) is 5.69. The van der Waals surface area contributed by atoms with E-state index in [-0.39, 0.29) is 21.2 Å². The molecule has 0 aromatic heterocycles. The fourth-order valence-electron chi connectivity index (χ4n) is 1.84. The molecule has 1 aliphatic heterocycles. The predicted octanol–water partition coefficient (Wildman–Crippen LogP) is 0.972. The predicted molar refractivity (Wildman–Crippen MR) is 58.4 cm³/mol. The molecule has 0 saturated heterocycles. The first-order valence-electron chi connectivity index (χ1n) is 5.47. The van der Waals surface area contributed by atoms with Crippen LogP contribution in [0.1, 0.15) is 24.0 Å². The van der Waals surface area contributed by atoms with Crippen molar-refractivity contribution in [2.75, 3.05) is 8.86 Å². The summed E-state index contributed by atoms with van der Waals surface area (Å²) in [5, 5.41) is 0. The van der Waals surface area contributed by atoms with Gasteiger partial charge in [0.2, 0.25) is 0 Å². The molecule has 0 N–H and O–H groups in total. The molecule has 0 nitrogen and oxygen atoms in total. The molecule has 0 atom stereocenters. The SMILES string of the molecule is FC(F)(F)c1cccc(C2=CC[I-]CCC2)c1. The molecule has 0 radical (unpaired) electrons. The van der Waals surface area contributed by atoms with E-state index < -0.39 is 11.7 Å². The summed E-state index contributed by atoms with van der Waals surface area (Å²) < 4.78 is 40.2. The van der Waals surface area contributed by atoms with Crippen molar-refractivity contribution in [1.82, 2.24) is 0 Å². The van der Waals surface area contributed by atoms with Gasteiger partial charge in [-0.3, -0.25) is 0 Å². The zero-order chi connectivity index (χ0) is 12.3. The number of halogens is 4. The number of allylic oxidation sites excluding steroid dienone is 2. The van der Waals surface area contributed by atoms with E-state index in [0.717, 1.165) is 34.5 Å². The van der Waals surface area contributed by atoms with E-state index in [0.29, 0.717) is 0 Å². The second-order valence-electron chi connectivity index (χ2n) is 3.94. The van der Waals surface area contributed by atoms with Gasteiger partial charge in [-0.25, -0.2) is 0 Å². The van der Waals surface area contributed by atoms with Crippen molar-refractivity contribution in [3.63, 3.8) is 0 Å². The first-order chi connectivity index (χ1) is 8.07. The van der Waals surface area contributed by atoms with Gasteiger partial charge in [0.05, 0.1) is 0 Å². The van der Waals surface area contributed by atoms with E-state index in [9.17, 15) is 13.2 Å². The van der Waals surface area contributed by atoms with Gasteiger partial charge in [0, 0.05) is 0 Å². The van der Waals surface area contributed by atoms with Crippen molar-refractivity contribution < 1.29 is 34.4 Å². The minimum absolute atomic E-state index is 0.239. The van der Waals surface area contributed by atoms with E-state index in [1.165, 1.54) is 16.6 Å². The van der Waals surface area contributed by atoms with Crippen LogP contribution in [0.5, 0.6) is 0 Å². The Bertz CT molecular complexity index is 421. The molecule has 94 valence electrons. The second-order valence-corrected chi connectivity index (χ2v) is 6.98. The van der Waals surface area contributed by atoms with Gasteiger partial charge >= 0.3 is 109 Å². The molecule has 4 heteroatoms. The zero-order valence-electron chi connectivity index (χ0n) is 9.23. The third-order valence-corrected chi connectivity index (χ3v) is 5.30. The van der Waals surface area contributed by atoms with Gasteiger partial charge in [0.25, 0.3) is 0 Å². The molecule has 0 bridgehead atoms. The van der Waals surface area contributed by atoms with Crippen LogP contribution in [0, 0.1) is 0 Å². The Balaban J connectivity index is 2.29. The Hall–Kier alpha value is -0.520. The van der Waals surface area contributed by atoms with Crippen LogP contribution in [0.2, 0.25) is 0 Å². The summed E-state index contributed by atoms with van der Waals surface area (Å²) in [6.45, 7) is 0. The maximum absolute atomic E-state index is 12.6. The first kappa shape index (κ1) is 12.9. The Morgan fingerprint density at radius 1 is 1.18 bits per heavy atom. The van der Waals surface area contributed by atoms with Gasteiger partial charge in [-0.05, 0) is 0 Å². The molecular formula is C13H13F3I-. The standard InChI is InChI=1S/C13H13F3I/c14-13(15,16)12-5-1-3-11(9-12)10-4-2-7-17-8-6-10/h1,3,5-6,9H,2,4,7-8H2/q-1. The average Bonchev–Trinajstić information content (AvgIpc) is 2.56. The van der Waals surface area contributed by atoms with Crippen LogP contribution < -0.4 is 21.2 Å². The molecule has 0 saturated carbocycles. The Morgan fingerprint density at radius 3 is 2.76 bits per heavy atom. The Morgan fingerprint density at radius 2 is 2.00 bits per heavy atom. The quantitative estimate of drug-likeness (QED) is 0.522. The van der Waals surface area contributed by atoms with Gasteiger partial charge in [-0.15, -0.1) is 0 Å². The number of hydrogen-bond acceptors (Lipinski definition) is 0. The molecule has 0 aliphatic carbocycles. The van der Waals surface area contributed by atoms with E-state index in [2.05, 4.69) is 6.08 Å². The second kappa shape index (κ2) is 5.42. The van der Waals surface area contributed by atoms with Crippen molar-refractivity contribution in [2.24, 2.45) is 0 Å². The molecule has 1 aromatic rings. The van der Waals surface area contributed by atoms with Crippen molar-refractivity contribution in [3.05, 3.63) is 41.5 Å². The van der Waals surface area contributed by atoms with Crippen LogP contribution in [0.3, 0.4) is 0 Å². The fraction of sp³-hybridized carbons (Fsp3) is 0.385. The Labute approximate surface area is 109 Å². The van der Waals surface area contributed by atoms with Gasteiger partial charge in [0.1, 0.15) is 0 Å². The van der Waals surface area contributed by atoms with Gasteiger partial charge in [-0.2, -0.15) is 0 Å². The van der Waals surface area contributed by atoms with Crippen LogP contribution >= 0.6 is 0 Å². The van der Waals surface area contributed by atoms with Crippen LogP contribution in [-0.2, 0) is 6.18 Å². The topological polar surface area (TPSA) is 0 Å². The summed E-state index contributed by atoms with van der Waals surface area (Å²) in [5.74, 6) is 0. The monoisotopic (exact) mass is 353 g/mol. The molecule has 2 rings (SSSR count). The third-order valence-electron chi connectivity index (χ3n) is 2.71. The van der Waals surface area contributed by atoms with Gasteiger partial charge in [-0.1, -0.05) is 0 Å². The zero-order valence-corrected chi connectivity index (χ0v) is 11.4. The summed E-state index contributed by atoms with van der Waals surface area (Å²) in [5.41, 5.74) is 1.29. The minimum atomic E-state index is -4.24. The van der Waals surface area contributed by atoms with E-state index in [4.69, 9.17) is 0 Å². The third kappa shape index (κ3) is 3.47. The summed E-state index contributed by atoms with van der Waals surface area (Å²) >= 11 is 0.239. The number of hydrogen-bond donors (Lipinski definition) is 0. The van der Waals surface area contributed by atoms with Crippen molar-refractivity contribution in [2.45, 2.75) is 19.0 Å². The van der Waals surface area contributed by atoms with Crippen LogP contribution in [0.4, 0.5) is 13.2 Å². The average molecular weight is 353 g/mol. The number of alkyl halides is 5. The van der Waals surface area contributed by atoms with Crippen LogP contribution in [0.25, 0.3) is 5.57 Å². The summed E-state index contributed by atoms with van der Waals surface area (Å²) in [6.07, 6.45) is -0.0691. The van der Waals surface area contributed by atoms with Crippen molar-refractivity contribution in [3.8, 4) is 0 Å². The molecule has 17 heavy (non-hydrogen) atoms. The summed E-state index contributed by atoms with van der Waals surface area (Å²) in [4.78, 5) is 0. The molecule has 0 unspecified atom stereocenters.